The van der Waals surface area contributed by atoms with Crippen molar-refractivity contribution in [3.8, 4) is 6.07 Å². The van der Waals surface area contributed by atoms with Gasteiger partial charge in [-0.1, -0.05) is 77.8 Å². The van der Waals surface area contributed by atoms with Crippen LogP contribution in [0.3, 0.4) is 0 Å². The number of nitriles is 1. The molecule has 1 aliphatic rings. The highest BCUT2D eigenvalue weighted by atomic mass is 35.5. The Bertz CT molecular complexity index is 1020. The van der Waals surface area contributed by atoms with Crippen molar-refractivity contribution in [1.29, 1.82) is 5.26 Å². The molecule has 1 heterocycles. The van der Waals surface area contributed by atoms with Crippen LogP contribution in [0.15, 0.2) is 84.9 Å². The van der Waals surface area contributed by atoms with Crippen LogP contribution in [0.2, 0.25) is 10.0 Å². The minimum atomic E-state index is -0.681. The fourth-order valence-corrected chi connectivity index (χ4v) is 3.50. The number of benzene rings is 3. The van der Waals surface area contributed by atoms with Gasteiger partial charge in [0.05, 0.1) is 11.6 Å². The Hall–Kier alpha value is -2.57. The molecule has 3 aromatic rings. The minimum absolute atomic E-state index is 0.173. The summed E-state index contributed by atoms with van der Waals surface area (Å²) in [7, 11) is 0. The van der Waals surface area contributed by atoms with Gasteiger partial charge in [-0.15, -0.1) is 0 Å². The molecule has 1 saturated heterocycles. The van der Waals surface area contributed by atoms with Gasteiger partial charge in [-0.3, -0.25) is 0 Å². The molecule has 0 unspecified atom stereocenters. The molecule has 2 nitrogen and oxygen atoms in total. The third-order valence-corrected chi connectivity index (χ3v) is 5.18. The number of halogens is 2. The first-order valence-corrected chi connectivity index (χ1v) is 9.26. The molecule has 4 heteroatoms. The lowest BCUT2D eigenvalue weighted by Crippen LogP contribution is -2.07. The Morgan fingerprint density at radius 1 is 0.889 bits per heavy atom. The summed E-state index contributed by atoms with van der Waals surface area (Å²) in [5.74, 6) is 0. The van der Waals surface area contributed by atoms with E-state index in [0.717, 1.165) is 16.7 Å². The van der Waals surface area contributed by atoms with Gasteiger partial charge in [0.15, 0.2) is 0 Å². The van der Waals surface area contributed by atoms with Crippen molar-refractivity contribution in [3.63, 3.8) is 0 Å². The normalized spacial score (nSPS) is 21.5. The van der Waals surface area contributed by atoms with Crippen molar-refractivity contribution in [2.75, 3.05) is 0 Å². The summed E-state index contributed by atoms with van der Waals surface area (Å²) in [6.45, 7) is 0. The second-order valence-electron chi connectivity index (χ2n) is 6.39. The van der Waals surface area contributed by atoms with Crippen molar-refractivity contribution < 1.29 is 4.74 Å². The molecular formula is C23H15Cl2NO. The van der Waals surface area contributed by atoms with E-state index in [1.54, 1.807) is 12.1 Å². The van der Waals surface area contributed by atoms with E-state index in [0.29, 0.717) is 15.6 Å². The zero-order valence-electron chi connectivity index (χ0n) is 14.3. The van der Waals surface area contributed by atoms with Gasteiger partial charge in [-0.2, -0.15) is 5.26 Å². The van der Waals surface area contributed by atoms with Crippen LogP contribution < -0.4 is 0 Å². The molecule has 0 N–H and O–H groups in total. The predicted molar refractivity (Wildman–Crippen MR) is 108 cm³/mol. The van der Waals surface area contributed by atoms with Crippen LogP contribution in [0, 0.1) is 11.3 Å². The molecular weight excluding hydrogens is 377 g/mol. The summed E-state index contributed by atoms with van der Waals surface area (Å²) in [4.78, 5) is 0. The second-order valence-corrected chi connectivity index (χ2v) is 7.26. The van der Waals surface area contributed by atoms with Crippen LogP contribution in [0.1, 0.15) is 22.8 Å². The molecule has 2 atom stereocenters. The number of nitrogens with zero attached hydrogens (tertiary/aromatic N) is 1. The highest BCUT2D eigenvalue weighted by Crippen LogP contribution is 2.59. The van der Waals surface area contributed by atoms with E-state index in [2.05, 4.69) is 6.07 Å². The molecule has 0 spiro atoms. The van der Waals surface area contributed by atoms with Crippen molar-refractivity contribution in [3.05, 3.63) is 112 Å². The number of ether oxygens (including phenoxy) is 1. The highest BCUT2D eigenvalue weighted by molar-refractivity contribution is 6.30. The summed E-state index contributed by atoms with van der Waals surface area (Å²) in [5.41, 5.74) is 2.70. The van der Waals surface area contributed by atoms with Crippen molar-refractivity contribution >= 4 is 28.8 Å². The maximum atomic E-state index is 9.76. The quantitative estimate of drug-likeness (QED) is 0.372. The van der Waals surface area contributed by atoms with Crippen molar-refractivity contribution in [1.82, 2.24) is 0 Å². The molecule has 27 heavy (non-hydrogen) atoms. The van der Waals surface area contributed by atoms with E-state index in [4.69, 9.17) is 27.9 Å². The van der Waals surface area contributed by atoms with Crippen LogP contribution in [0.4, 0.5) is 0 Å². The third-order valence-electron chi connectivity index (χ3n) is 4.68. The van der Waals surface area contributed by atoms with Crippen molar-refractivity contribution in [2.45, 2.75) is 11.7 Å². The van der Waals surface area contributed by atoms with E-state index in [1.807, 2.05) is 72.8 Å². The van der Waals surface area contributed by atoms with Gasteiger partial charge in [0.25, 0.3) is 0 Å². The van der Waals surface area contributed by atoms with Crippen LogP contribution in [0.25, 0.3) is 5.57 Å². The topological polar surface area (TPSA) is 36.3 Å². The van der Waals surface area contributed by atoms with Gasteiger partial charge >= 0.3 is 0 Å². The van der Waals surface area contributed by atoms with Crippen LogP contribution in [-0.2, 0) is 10.3 Å². The Morgan fingerprint density at radius 3 is 2.07 bits per heavy atom. The largest absolute Gasteiger partial charge is 0.351 e. The fourth-order valence-electron chi connectivity index (χ4n) is 3.25. The summed E-state index contributed by atoms with van der Waals surface area (Å²) in [6.07, 6.45) is 1.73. The Kier molecular flexibility index (Phi) is 4.76. The first-order chi connectivity index (χ1) is 13.1. The minimum Gasteiger partial charge on any atom is -0.351 e. The van der Waals surface area contributed by atoms with Gasteiger partial charge < -0.3 is 4.74 Å². The van der Waals surface area contributed by atoms with Gasteiger partial charge in [0.2, 0.25) is 0 Å². The SMILES string of the molecule is N#C/C(=C\[C@]1(c2ccccc2)O[C@H]1c1ccc(Cl)cc1)c1ccc(Cl)cc1. The number of hydrogen-bond acceptors (Lipinski definition) is 2. The summed E-state index contributed by atoms with van der Waals surface area (Å²) in [6, 6.07) is 27.1. The summed E-state index contributed by atoms with van der Waals surface area (Å²) < 4.78 is 6.20. The molecule has 4 rings (SSSR count). The maximum absolute atomic E-state index is 9.76. The Balaban J connectivity index is 1.79. The highest BCUT2D eigenvalue weighted by Gasteiger charge is 2.57. The summed E-state index contributed by atoms with van der Waals surface area (Å²) >= 11 is 12.0. The Morgan fingerprint density at radius 2 is 1.48 bits per heavy atom. The van der Waals surface area contributed by atoms with Crippen molar-refractivity contribution in [2.24, 2.45) is 0 Å². The smallest absolute Gasteiger partial charge is 0.144 e. The van der Waals surface area contributed by atoms with E-state index in [9.17, 15) is 5.26 Å². The average Bonchev–Trinajstić information content (AvgIpc) is 3.44. The number of rotatable bonds is 4. The van der Waals surface area contributed by atoms with E-state index in [-0.39, 0.29) is 6.10 Å². The molecule has 0 saturated carbocycles. The number of hydrogen-bond donors (Lipinski definition) is 0. The van der Waals surface area contributed by atoms with E-state index >= 15 is 0 Å². The van der Waals surface area contributed by atoms with E-state index in [1.165, 1.54) is 0 Å². The fraction of sp³-hybridized carbons (Fsp3) is 0.0870. The first-order valence-electron chi connectivity index (χ1n) is 8.50. The monoisotopic (exact) mass is 391 g/mol. The third kappa shape index (κ3) is 3.50. The lowest BCUT2D eigenvalue weighted by atomic mass is 9.88. The summed E-state index contributed by atoms with van der Waals surface area (Å²) in [5, 5.41) is 11.1. The molecule has 1 aliphatic heterocycles. The number of allylic oxidation sites excluding steroid dienone is 1. The first kappa shape index (κ1) is 17.8. The maximum Gasteiger partial charge on any atom is 0.144 e. The van der Waals surface area contributed by atoms with Gasteiger partial charge in [0.1, 0.15) is 11.7 Å². The lowest BCUT2D eigenvalue weighted by molar-refractivity contribution is 0.335. The predicted octanol–water partition coefficient (Wildman–Crippen LogP) is 6.57. The van der Waals surface area contributed by atoms with Crippen LogP contribution >= 0.6 is 23.2 Å². The molecule has 0 aromatic heterocycles. The standard InChI is InChI=1S/C23H15Cl2NO/c24-20-10-6-16(7-11-20)18(15-26)14-23(19-4-2-1-3-5-19)22(27-23)17-8-12-21(25)13-9-17/h1-14,22H/b18-14+/t22-,23+/m0/s1. The van der Waals surface area contributed by atoms with Gasteiger partial charge in [-0.05, 0) is 47.0 Å². The molecule has 0 radical (unpaired) electrons. The molecule has 1 fully saturated rings. The molecule has 132 valence electrons. The van der Waals surface area contributed by atoms with E-state index < -0.39 is 5.60 Å². The second kappa shape index (κ2) is 7.21. The molecule has 0 bridgehead atoms. The Labute approximate surface area is 168 Å². The van der Waals surface area contributed by atoms with Gasteiger partial charge in [-0.25, -0.2) is 0 Å². The van der Waals surface area contributed by atoms with Crippen LogP contribution in [-0.4, -0.2) is 0 Å². The zero-order chi connectivity index (χ0) is 18.9. The van der Waals surface area contributed by atoms with Gasteiger partial charge in [0, 0.05) is 10.0 Å². The molecule has 0 aliphatic carbocycles. The lowest BCUT2D eigenvalue weighted by Gasteiger charge is -2.11. The number of epoxide rings is 1. The molecule has 3 aromatic carbocycles. The molecule has 0 amide bonds. The zero-order valence-corrected chi connectivity index (χ0v) is 15.8. The average molecular weight is 392 g/mol. The van der Waals surface area contributed by atoms with Crippen LogP contribution in [0.5, 0.6) is 0 Å².